The van der Waals surface area contributed by atoms with Gasteiger partial charge in [0.15, 0.2) is 12.6 Å². The molecule has 0 radical (unpaired) electrons. The largest absolute Gasteiger partial charge is 0.470 e. The van der Waals surface area contributed by atoms with Crippen LogP contribution in [0.4, 0.5) is 0 Å². The zero-order valence-electron chi connectivity index (χ0n) is 15.7. The molecule has 0 spiro atoms. The molecule has 0 aromatic heterocycles. The van der Waals surface area contributed by atoms with E-state index in [0.717, 1.165) is 6.92 Å². The summed E-state index contributed by atoms with van der Waals surface area (Å²) in [5.41, 5.74) is 0. The fraction of sp³-hybridized carbons (Fsp3) is 0.929. The van der Waals surface area contributed by atoms with Crippen LogP contribution in [-0.4, -0.2) is 121 Å². The topological polar surface area (TPSA) is 245 Å². The van der Waals surface area contributed by atoms with Crippen LogP contribution in [0.1, 0.15) is 6.92 Å². The van der Waals surface area contributed by atoms with Gasteiger partial charge in [-0.2, -0.15) is 0 Å². The maximum Gasteiger partial charge on any atom is 0.470 e. The van der Waals surface area contributed by atoms with E-state index in [1.54, 1.807) is 0 Å². The Hall–Kier alpha value is -0.780. The normalized spacial score (nSPS) is 42.7. The summed E-state index contributed by atoms with van der Waals surface area (Å²) in [5, 5.41) is 61.3. The van der Waals surface area contributed by atoms with Crippen molar-refractivity contribution in [3.05, 3.63) is 0 Å². The molecule has 1 amide bonds. The van der Waals surface area contributed by atoms with Crippen molar-refractivity contribution < 1.29 is 68.5 Å². The number of hydrogen-bond acceptors (Lipinski definition) is 12. The predicted octanol–water partition coefficient (Wildman–Crippen LogP) is -5.14. The second kappa shape index (κ2) is 10.2. The maximum atomic E-state index is 11.6. The molecule has 30 heavy (non-hydrogen) atoms. The summed E-state index contributed by atoms with van der Waals surface area (Å²) in [6, 6.07) is -1.52. The average Bonchev–Trinajstić information content (AvgIpc) is 2.65. The number of aliphatic hydroxyl groups excluding tert-OH is 6. The second-order valence-corrected chi connectivity index (χ2v) is 8.02. The standard InChI is InChI=1S/C14H26NO14P/c1-4(18)15-7-8(19)12(29-30(23,24)25)6(3-17)27-14(7)28-11-5(2-16)26-13(22)10(21)9(11)20/h5-14,16-17,19-22H,2-3H2,1H3,(H,15,18)(H2,23,24,25)/t5-,6-,7+,8-,9-,10-,11-,12-,13-,14+/m1/s1. The van der Waals surface area contributed by atoms with Gasteiger partial charge in [0.05, 0.1) is 13.2 Å². The van der Waals surface area contributed by atoms with E-state index in [9.17, 15) is 40.0 Å². The molecule has 15 nitrogen and oxygen atoms in total. The third-order valence-corrected chi connectivity index (χ3v) is 5.13. The zero-order chi connectivity index (χ0) is 22.8. The molecule has 2 heterocycles. The summed E-state index contributed by atoms with van der Waals surface area (Å²) in [5.74, 6) is -0.705. The monoisotopic (exact) mass is 463 g/mol. The van der Waals surface area contributed by atoms with Gasteiger partial charge in [0.1, 0.15) is 48.8 Å². The van der Waals surface area contributed by atoms with Crippen molar-refractivity contribution in [2.24, 2.45) is 0 Å². The van der Waals surface area contributed by atoms with Crippen LogP contribution in [0.5, 0.6) is 0 Å². The van der Waals surface area contributed by atoms with Crippen molar-refractivity contribution in [1.82, 2.24) is 5.32 Å². The third-order valence-electron chi connectivity index (χ3n) is 4.61. The van der Waals surface area contributed by atoms with Gasteiger partial charge in [-0.05, 0) is 0 Å². The maximum absolute atomic E-state index is 11.6. The molecule has 2 fully saturated rings. The van der Waals surface area contributed by atoms with Gasteiger partial charge in [0, 0.05) is 6.92 Å². The molecule has 2 aliphatic rings. The molecule has 0 bridgehead atoms. The number of carbonyl (C=O) groups excluding carboxylic acids is 1. The molecule has 0 unspecified atom stereocenters. The van der Waals surface area contributed by atoms with Crippen molar-refractivity contribution >= 4 is 13.7 Å². The summed E-state index contributed by atoms with van der Waals surface area (Å²) in [7, 11) is -5.14. The van der Waals surface area contributed by atoms with Crippen molar-refractivity contribution in [2.75, 3.05) is 13.2 Å². The van der Waals surface area contributed by atoms with E-state index in [2.05, 4.69) is 9.84 Å². The first-order valence-corrected chi connectivity index (χ1v) is 10.3. The van der Waals surface area contributed by atoms with Gasteiger partial charge in [-0.3, -0.25) is 9.32 Å². The summed E-state index contributed by atoms with van der Waals surface area (Å²) >= 11 is 0. The van der Waals surface area contributed by atoms with Gasteiger partial charge in [-0.15, -0.1) is 0 Å². The highest BCUT2D eigenvalue weighted by Gasteiger charge is 2.52. The Morgan fingerprint density at radius 3 is 2.03 bits per heavy atom. The third kappa shape index (κ3) is 5.92. The molecule has 0 saturated carbocycles. The zero-order valence-corrected chi connectivity index (χ0v) is 16.6. The summed E-state index contributed by atoms with van der Waals surface area (Å²) < 4.78 is 31.5. The fourth-order valence-electron chi connectivity index (χ4n) is 3.25. The number of ether oxygens (including phenoxy) is 3. The van der Waals surface area contributed by atoms with E-state index in [4.69, 9.17) is 24.0 Å². The summed E-state index contributed by atoms with van der Waals surface area (Å²) in [6.07, 6.45) is -15.2. The summed E-state index contributed by atoms with van der Waals surface area (Å²) in [4.78, 5) is 29.6. The summed E-state index contributed by atoms with van der Waals surface area (Å²) in [6.45, 7) is -0.586. The van der Waals surface area contributed by atoms with Crippen LogP contribution in [0.15, 0.2) is 0 Å². The van der Waals surface area contributed by atoms with Crippen LogP contribution < -0.4 is 5.32 Å². The van der Waals surface area contributed by atoms with Gasteiger partial charge in [-0.1, -0.05) is 0 Å². The molecule has 0 aromatic rings. The Kier molecular flexibility index (Phi) is 8.68. The van der Waals surface area contributed by atoms with Gasteiger partial charge < -0.3 is 60.0 Å². The Labute approximate surface area is 170 Å². The molecule has 0 aliphatic carbocycles. The van der Waals surface area contributed by atoms with E-state index in [-0.39, 0.29) is 0 Å². The Morgan fingerprint density at radius 1 is 0.967 bits per heavy atom. The number of amides is 1. The van der Waals surface area contributed by atoms with Crippen molar-refractivity contribution in [3.63, 3.8) is 0 Å². The first kappa shape index (κ1) is 25.5. The SMILES string of the molecule is CC(=O)N[C@@H]1[C@H](O[C@H]2[C@H](O)[C@@H](O)[C@H](O)O[C@@H]2CO)O[C@H](CO)[C@@H](OP(=O)(O)O)[C@@H]1O. The number of nitrogens with one attached hydrogen (secondary N) is 1. The highest BCUT2D eigenvalue weighted by atomic mass is 31.2. The molecule has 9 N–H and O–H groups in total. The van der Waals surface area contributed by atoms with Gasteiger partial charge in [0.25, 0.3) is 0 Å². The fourth-order valence-corrected chi connectivity index (χ4v) is 3.83. The smallest absolute Gasteiger partial charge is 0.394 e. The Balaban J connectivity index is 2.29. The van der Waals surface area contributed by atoms with E-state index in [1.165, 1.54) is 0 Å². The molecular weight excluding hydrogens is 437 g/mol. The van der Waals surface area contributed by atoms with Crippen LogP contribution in [-0.2, 0) is 28.1 Å². The minimum absolute atomic E-state index is 0.705. The Bertz CT molecular complexity index is 630. The number of carbonyl (C=O) groups is 1. The van der Waals surface area contributed by atoms with E-state index < -0.39 is 88.3 Å². The van der Waals surface area contributed by atoms with Crippen LogP contribution >= 0.6 is 7.82 Å². The van der Waals surface area contributed by atoms with Crippen molar-refractivity contribution in [2.45, 2.75) is 68.3 Å². The molecule has 2 saturated heterocycles. The van der Waals surface area contributed by atoms with E-state index >= 15 is 0 Å². The predicted molar refractivity (Wildman–Crippen MR) is 91.1 cm³/mol. The van der Waals surface area contributed by atoms with E-state index in [1.807, 2.05) is 0 Å². The molecular formula is C14H26NO14P. The first-order chi connectivity index (χ1) is 13.9. The molecule has 2 aliphatic heterocycles. The van der Waals surface area contributed by atoms with Gasteiger partial charge >= 0.3 is 7.82 Å². The quantitative estimate of drug-likeness (QED) is 0.160. The number of rotatable bonds is 7. The van der Waals surface area contributed by atoms with Crippen LogP contribution in [0, 0.1) is 0 Å². The Morgan fingerprint density at radius 2 is 1.53 bits per heavy atom. The van der Waals surface area contributed by atoms with Crippen LogP contribution in [0.3, 0.4) is 0 Å². The lowest BCUT2D eigenvalue weighted by molar-refractivity contribution is -0.340. The lowest BCUT2D eigenvalue weighted by Gasteiger charge is -2.47. The van der Waals surface area contributed by atoms with Crippen LogP contribution in [0.25, 0.3) is 0 Å². The lowest BCUT2D eigenvalue weighted by Crippen LogP contribution is -2.67. The number of phosphoric ester groups is 1. The van der Waals surface area contributed by atoms with Gasteiger partial charge in [-0.25, -0.2) is 4.57 Å². The average molecular weight is 463 g/mol. The highest BCUT2D eigenvalue weighted by Crippen LogP contribution is 2.41. The van der Waals surface area contributed by atoms with Crippen LogP contribution in [0.2, 0.25) is 0 Å². The number of phosphoric acid groups is 1. The molecule has 2 rings (SSSR count). The first-order valence-electron chi connectivity index (χ1n) is 8.81. The number of hydrogen-bond donors (Lipinski definition) is 9. The molecule has 16 heteroatoms. The van der Waals surface area contributed by atoms with Crippen molar-refractivity contribution in [3.8, 4) is 0 Å². The lowest BCUT2D eigenvalue weighted by atomic mass is 9.95. The highest BCUT2D eigenvalue weighted by molar-refractivity contribution is 7.46. The van der Waals surface area contributed by atoms with Gasteiger partial charge in [0.2, 0.25) is 5.91 Å². The minimum Gasteiger partial charge on any atom is -0.394 e. The molecule has 0 aromatic carbocycles. The molecule has 176 valence electrons. The molecule has 10 atom stereocenters. The number of aliphatic hydroxyl groups is 6. The second-order valence-electron chi connectivity index (χ2n) is 6.83. The van der Waals surface area contributed by atoms with Crippen molar-refractivity contribution in [1.29, 1.82) is 0 Å². The van der Waals surface area contributed by atoms with E-state index in [0.29, 0.717) is 0 Å². The minimum atomic E-state index is -5.14.